The Kier molecular flexibility index (Phi) is 5.16. The number of carbonyl (C=O) groups is 1. The zero-order valence-corrected chi connectivity index (χ0v) is 17.8. The first-order valence-electron chi connectivity index (χ1n) is 10.4. The third kappa shape index (κ3) is 4.09. The Bertz CT molecular complexity index is 1460. The highest BCUT2D eigenvalue weighted by Crippen LogP contribution is 2.28. The lowest BCUT2D eigenvalue weighted by Gasteiger charge is -2.13. The Morgan fingerprint density at radius 1 is 1.03 bits per heavy atom. The average molecular weight is 435 g/mol. The molecule has 3 heterocycles. The fraction of sp³-hybridized carbons (Fsp3) is 0.0400. The number of carbonyl (C=O) groups excluding carboxylic acids is 1. The number of H-pyrrole nitrogens is 1. The standard InChI is InChI=1S/C25H21N7O/c1-15-13-17(29-24(33)18-6-2-3-7-19(18)26)8-9-20(15)30-25-31-21-10-12-28-23(21)22(32-25)16-5-4-11-27-14-16/h2-14,28H,26H2,1H3,(H,29,33)(H,30,31,32). The molecular weight excluding hydrogens is 414 g/mol. The minimum atomic E-state index is -0.254. The van der Waals surface area contributed by atoms with Gasteiger partial charge in [-0.25, -0.2) is 9.97 Å². The third-order valence-electron chi connectivity index (χ3n) is 5.28. The van der Waals surface area contributed by atoms with Crippen LogP contribution in [0.3, 0.4) is 0 Å². The quantitative estimate of drug-likeness (QED) is 0.291. The summed E-state index contributed by atoms with van der Waals surface area (Å²) in [5.74, 6) is 0.216. The van der Waals surface area contributed by atoms with Gasteiger partial charge in [0.25, 0.3) is 5.91 Å². The van der Waals surface area contributed by atoms with Crippen molar-refractivity contribution >= 4 is 40.0 Å². The number of fused-ring (bicyclic) bond motifs is 1. The largest absolute Gasteiger partial charge is 0.398 e. The summed E-state index contributed by atoms with van der Waals surface area (Å²) < 4.78 is 0. The molecule has 0 aliphatic carbocycles. The second-order valence-corrected chi connectivity index (χ2v) is 7.57. The molecule has 33 heavy (non-hydrogen) atoms. The molecule has 0 atom stereocenters. The van der Waals surface area contributed by atoms with Gasteiger partial charge in [0.05, 0.1) is 16.6 Å². The van der Waals surface area contributed by atoms with E-state index in [-0.39, 0.29) is 5.91 Å². The first-order valence-corrected chi connectivity index (χ1v) is 10.4. The molecule has 5 aromatic rings. The first kappa shape index (κ1) is 20.2. The number of rotatable bonds is 5. The maximum absolute atomic E-state index is 12.6. The molecule has 0 fully saturated rings. The monoisotopic (exact) mass is 435 g/mol. The number of nitrogens with zero attached hydrogens (tertiary/aromatic N) is 3. The topological polar surface area (TPSA) is 122 Å². The van der Waals surface area contributed by atoms with Crippen LogP contribution in [0.5, 0.6) is 0 Å². The van der Waals surface area contributed by atoms with E-state index >= 15 is 0 Å². The van der Waals surface area contributed by atoms with Crippen LogP contribution in [0, 0.1) is 6.92 Å². The average Bonchev–Trinajstić information content (AvgIpc) is 3.30. The number of anilines is 4. The van der Waals surface area contributed by atoms with Gasteiger partial charge in [-0.15, -0.1) is 0 Å². The number of pyridine rings is 1. The molecule has 0 spiro atoms. The number of nitrogens with two attached hydrogens (primary N) is 1. The number of hydrogen-bond acceptors (Lipinski definition) is 6. The van der Waals surface area contributed by atoms with Crippen molar-refractivity contribution in [3.8, 4) is 11.3 Å². The molecule has 0 unspecified atom stereocenters. The second kappa shape index (κ2) is 8.43. The molecule has 2 aromatic carbocycles. The Morgan fingerprint density at radius 3 is 2.70 bits per heavy atom. The number of aryl methyl sites for hydroxylation is 1. The molecule has 5 N–H and O–H groups in total. The van der Waals surface area contributed by atoms with Crippen LogP contribution in [0.4, 0.5) is 23.0 Å². The summed E-state index contributed by atoms with van der Waals surface area (Å²) >= 11 is 0. The van der Waals surface area contributed by atoms with Crippen molar-refractivity contribution in [1.29, 1.82) is 0 Å². The fourth-order valence-corrected chi connectivity index (χ4v) is 3.62. The van der Waals surface area contributed by atoms with Gasteiger partial charge in [-0.1, -0.05) is 12.1 Å². The van der Waals surface area contributed by atoms with Crippen LogP contribution in [0.15, 0.2) is 79.3 Å². The van der Waals surface area contributed by atoms with E-state index in [9.17, 15) is 4.79 Å². The molecule has 1 amide bonds. The van der Waals surface area contributed by atoms with E-state index in [0.29, 0.717) is 22.9 Å². The van der Waals surface area contributed by atoms with Gasteiger partial charge in [0.2, 0.25) is 5.95 Å². The number of nitrogen functional groups attached to an aromatic ring is 1. The molecule has 0 bridgehead atoms. The van der Waals surface area contributed by atoms with E-state index in [0.717, 1.165) is 33.5 Å². The van der Waals surface area contributed by atoms with E-state index in [4.69, 9.17) is 10.7 Å². The molecule has 0 saturated heterocycles. The Balaban J connectivity index is 1.41. The highest BCUT2D eigenvalue weighted by Gasteiger charge is 2.13. The van der Waals surface area contributed by atoms with E-state index in [1.165, 1.54) is 0 Å². The van der Waals surface area contributed by atoms with Crippen LogP contribution in [0.25, 0.3) is 22.3 Å². The molecule has 8 nitrogen and oxygen atoms in total. The van der Waals surface area contributed by atoms with Gasteiger partial charge in [0.1, 0.15) is 5.69 Å². The Labute approximate surface area is 189 Å². The van der Waals surface area contributed by atoms with Crippen molar-refractivity contribution in [3.05, 3.63) is 90.4 Å². The summed E-state index contributed by atoms with van der Waals surface area (Å²) in [7, 11) is 0. The van der Waals surface area contributed by atoms with Crippen molar-refractivity contribution in [3.63, 3.8) is 0 Å². The van der Waals surface area contributed by atoms with Crippen LogP contribution >= 0.6 is 0 Å². The lowest BCUT2D eigenvalue weighted by atomic mass is 10.1. The zero-order chi connectivity index (χ0) is 22.8. The molecular formula is C25H21N7O. The molecule has 0 aliphatic rings. The lowest BCUT2D eigenvalue weighted by Crippen LogP contribution is -2.14. The number of para-hydroxylation sites is 1. The van der Waals surface area contributed by atoms with Crippen LogP contribution in [0.2, 0.25) is 0 Å². The van der Waals surface area contributed by atoms with Gasteiger partial charge in [-0.3, -0.25) is 9.78 Å². The number of aromatic amines is 1. The van der Waals surface area contributed by atoms with Crippen molar-refractivity contribution in [2.45, 2.75) is 6.92 Å². The van der Waals surface area contributed by atoms with Crippen LogP contribution in [-0.2, 0) is 0 Å². The van der Waals surface area contributed by atoms with E-state index < -0.39 is 0 Å². The highest BCUT2D eigenvalue weighted by atomic mass is 16.1. The molecule has 162 valence electrons. The predicted molar refractivity (Wildman–Crippen MR) is 130 cm³/mol. The van der Waals surface area contributed by atoms with E-state index in [1.54, 1.807) is 36.7 Å². The molecule has 0 saturated carbocycles. The summed E-state index contributed by atoms with van der Waals surface area (Å²) in [6, 6.07) is 18.3. The summed E-state index contributed by atoms with van der Waals surface area (Å²) in [4.78, 5) is 29.3. The normalized spacial score (nSPS) is 10.8. The Hall–Kier alpha value is -4.72. The number of aromatic nitrogens is 4. The molecule has 3 aromatic heterocycles. The maximum atomic E-state index is 12.6. The minimum Gasteiger partial charge on any atom is -0.398 e. The van der Waals surface area contributed by atoms with Gasteiger partial charge in [-0.2, -0.15) is 0 Å². The van der Waals surface area contributed by atoms with Crippen LogP contribution < -0.4 is 16.4 Å². The summed E-state index contributed by atoms with van der Waals surface area (Å²) in [5.41, 5.74) is 12.5. The molecule has 0 radical (unpaired) electrons. The summed E-state index contributed by atoms with van der Waals surface area (Å²) in [6.07, 6.45) is 5.34. The van der Waals surface area contributed by atoms with Gasteiger partial charge in [0.15, 0.2) is 0 Å². The van der Waals surface area contributed by atoms with Gasteiger partial charge in [0, 0.05) is 41.2 Å². The van der Waals surface area contributed by atoms with E-state index in [1.807, 2.05) is 49.5 Å². The summed E-state index contributed by atoms with van der Waals surface area (Å²) in [6.45, 7) is 1.95. The van der Waals surface area contributed by atoms with Gasteiger partial charge < -0.3 is 21.4 Å². The maximum Gasteiger partial charge on any atom is 0.257 e. The second-order valence-electron chi connectivity index (χ2n) is 7.57. The number of hydrogen-bond donors (Lipinski definition) is 4. The molecule has 0 aliphatic heterocycles. The predicted octanol–water partition coefficient (Wildman–Crippen LogP) is 4.91. The third-order valence-corrected chi connectivity index (χ3v) is 5.28. The number of nitrogens with one attached hydrogen (secondary N) is 3. The smallest absolute Gasteiger partial charge is 0.257 e. The highest BCUT2D eigenvalue weighted by molar-refractivity contribution is 6.07. The fourth-order valence-electron chi connectivity index (χ4n) is 3.62. The molecule has 8 heteroatoms. The lowest BCUT2D eigenvalue weighted by molar-refractivity contribution is 0.102. The minimum absolute atomic E-state index is 0.254. The van der Waals surface area contributed by atoms with Gasteiger partial charge in [-0.05, 0) is 61.0 Å². The van der Waals surface area contributed by atoms with E-state index in [2.05, 4.69) is 25.6 Å². The first-order chi connectivity index (χ1) is 16.1. The Morgan fingerprint density at radius 2 is 1.91 bits per heavy atom. The van der Waals surface area contributed by atoms with Crippen molar-refractivity contribution < 1.29 is 4.79 Å². The van der Waals surface area contributed by atoms with Crippen LogP contribution in [0.1, 0.15) is 15.9 Å². The van der Waals surface area contributed by atoms with Crippen molar-refractivity contribution in [1.82, 2.24) is 19.9 Å². The van der Waals surface area contributed by atoms with Gasteiger partial charge >= 0.3 is 0 Å². The SMILES string of the molecule is Cc1cc(NC(=O)c2ccccc2N)ccc1Nc1nc(-c2cccnc2)c2[nH]ccc2n1. The van der Waals surface area contributed by atoms with Crippen molar-refractivity contribution in [2.75, 3.05) is 16.4 Å². The molecule has 5 rings (SSSR count). The summed E-state index contributed by atoms with van der Waals surface area (Å²) in [5, 5.41) is 6.19. The number of benzene rings is 2. The van der Waals surface area contributed by atoms with Crippen LogP contribution in [-0.4, -0.2) is 25.8 Å². The number of amides is 1. The van der Waals surface area contributed by atoms with Crippen molar-refractivity contribution in [2.24, 2.45) is 0 Å². The zero-order valence-electron chi connectivity index (χ0n) is 17.8.